The van der Waals surface area contributed by atoms with Gasteiger partial charge in [-0.05, 0) is 48.5 Å². The van der Waals surface area contributed by atoms with Crippen molar-refractivity contribution in [1.82, 2.24) is 5.32 Å². The fourth-order valence-corrected chi connectivity index (χ4v) is 3.39. The maximum atomic E-state index is 12.1. The highest BCUT2D eigenvalue weighted by Crippen LogP contribution is 2.21. The summed E-state index contributed by atoms with van der Waals surface area (Å²) >= 11 is 2.00. The number of hydrogen-bond acceptors (Lipinski definition) is 3. The lowest BCUT2D eigenvalue weighted by atomic mass is 10.0. The van der Waals surface area contributed by atoms with E-state index in [1.54, 1.807) is 0 Å². The molecule has 0 bridgehead atoms. The first-order chi connectivity index (χ1) is 9.79. The Bertz CT molecular complexity index is 513. The van der Waals surface area contributed by atoms with Gasteiger partial charge in [-0.1, -0.05) is 17.9 Å². The Morgan fingerprint density at radius 1 is 1.40 bits per heavy atom. The first-order valence-electron chi connectivity index (χ1n) is 6.94. The van der Waals surface area contributed by atoms with Crippen molar-refractivity contribution in [2.45, 2.75) is 12.8 Å². The summed E-state index contributed by atoms with van der Waals surface area (Å²) in [7, 11) is 0. The van der Waals surface area contributed by atoms with E-state index in [-0.39, 0.29) is 5.91 Å². The van der Waals surface area contributed by atoms with E-state index in [2.05, 4.69) is 17.2 Å². The summed E-state index contributed by atoms with van der Waals surface area (Å²) in [6, 6.07) is 7.37. The summed E-state index contributed by atoms with van der Waals surface area (Å²) in [5.74, 6) is 8.78. The normalized spacial score (nSPS) is 15.2. The second kappa shape index (κ2) is 7.98. The summed E-state index contributed by atoms with van der Waals surface area (Å²) in [6.07, 6.45) is 2.40. The van der Waals surface area contributed by atoms with Gasteiger partial charge in [0.1, 0.15) is 0 Å². The molecule has 1 aliphatic heterocycles. The molecule has 3 N–H and O–H groups in total. The number of thioether (sulfide) groups is 1. The molecule has 20 heavy (non-hydrogen) atoms. The van der Waals surface area contributed by atoms with E-state index in [1.807, 2.05) is 36.0 Å². The third-order valence-corrected chi connectivity index (χ3v) is 4.40. The molecule has 0 radical (unpaired) electrons. The quantitative estimate of drug-likeness (QED) is 0.835. The Hall–Kier alpha value is -1.44. The standard InChI is InChI=1S/C16H20N2OS/c17-8-2-4-13-3-1-5-15(11-13)16(19)18-12-14-6-9-20-10-7-14/h1,3,5,11,14H,6-10,12,17H2,(H,18,19). The van der Waals surface area contributed by atoms with Crippen LogP contribution in [0.3, 0.4) is 0 Å². The molecule has 1 saturated heterocycles. The summed E-state index contributed by atoms with van der Waals surface area (Å²) in [5, 5.41) is 3.03. The first kappa shape index (κ1) is 15.0. The van der Waals surface area contributed by atoms with E-state index in [9.17, 15) is 4.79 Å². The van der Waals surface area contributed by atoms with Crippen molar-refractivity contribution in [3.8, 4) is 11.8 Å². The topological polar surface area (TPSA) is 55.1 Å². The molecule has 4 heteroatoms. The fraction of sp³-hybridized carbons (Fsp3) is 0.438. The monoisotopic (exact) mass is 288 g/mol. The largest absolute Gasteiger partial charge is 0.352 e. The van der Waals surface area contributed by atoms with Crippen molar-refractivity contribution in [1.29, 1.82) is 0 Å². The first-order valence-corrected chi connectivity index (χ1v) is 8.10. The van der Waals surface area contributed by atoms with Crippen LogP contribution in [0.2, 0.25) is 0 Å². The molecule has 1 heterocycles. The van der Waals surface area contributed by atoms with Crippen LogP contribution >= 0.6 is 11.8 Å². The highest BCUT2D eigenvalue weighted by molar-refractivity contribution is 7.99. The van der Waals surface area contributed by atoms with Crippen molar-refractivity contribution in [2.75, 3.05) is 24.6 Å². The maximum Gasteiger partial charge on any atom is 0.251 e. The van der Waals surface area contributed by atoms with E-state index in [0.717, 1.165) is 12.1 Å². The molecule has 1 aromatic rings. The van der Waals surface area contributed by atoms with E-state index in [1.165, 1.54) is 24.3 Å². The Kier molecular flexibility index (Phi) is 5.97. The van der Waals surface area contributed by atoms with Gasteiger partial charge >= 0.3 is 0 Å². The molecule has 0 spiro atoms. The minimum atomic E-state index is -0.0142. The average Bonchev–Trinajstić information content (AvgIpc) is 2.52. The predicted octanol–water partition coefficient (Wildman–Crippen LogP) is 1.87. The van der Waals surface area contributed by atoms with Crippen LogP contribution in [0.4, 0.5) is 0 Å². The van der Waals surface area contributed by atoms with Crippen LogP contribution in [0, 0.1) is 17.8 Å². The fourth-order valence-electron chi connectivity index (χ4n) is 2.18. The van der Waals surface area contributed by atoms with Crippen LogP contribution in [-0.4, -0.2) is 30.5 Å². The van der Waals surface area contributed by atoms with Gasteiger partial charge in [-0.2, -0.15) is 11.8 Å². The van der Waals surface area contributed by atoms with Gasteiger partial charge in [0, 0.05) is 17.7 Å². The zero-order valence-electron chi connectivity index (χ0n) is 11.5. The number of amides is 1. The summed E-state index contributed by atoms with van der Waals surface area (Å²) in [4.78, 5) is 12.1. The maximum absolute atomic E-state index is 12.1. The van der Waals surface area contributed by atoms with Gasteiger partial charge in [0.15, 0.2) is 0 Å². The summed E-state index contributed by atoms with van der Waals surface area (Å²) in [6.45, 7) is 1.11. The molecule has 1 aliphatic rings. The lowest BCUT2D eigenvalue weighted by Gasteiger charge is -2.21. The van der Waals surface area contributed by atoms with Crippen LogP contribution in [0.5, 0.6) is 0 Å². The van der Waals surface area contributed by atoms with Gasteiger partial charge in [0.05, 0.1) is 6.54 Å². The number of rotatable bonds is 3. The Morgan fingerprint density at radius 2 is 2.20 bits per heavy atom. The van der Waals surface area contributed by atoms with Crippen molar-refractivity contribution >= 4 is 17.7 Å². The highest BCUT2D eigenvalue weighted by atomic mass is 32.2. The van der Waals surface area contributed by atoms with Crippen LogP contribution in [-0.2, 0) is 0 Å². The third-order valence-electron chi connectivity index (χ3n) is 3.35. The third kappa shape index (κ3) is 4.59. The highest BCUT2D eigenvalue weighted by Gasteiger charge is 2.15. The van der Waals surface area contributed by atoms with Crippen LogP contribution < -0.4 is 11.1 Å². The molecule has 0 aliphatic carbocycles. The number of nitrogens with one attached hydrogen (secondary N) is 1. The van der Waals surface area contributed by atoms with Crippen molar-refractivity contribution in [2.24, 2.45) is 11.7 Å². The van der Waals surface area contributed by atoms with E-state index in [4.69, 9.17) is 5.73 Å². The van der Waals surface area contributed by atoms with Gasteiger partial charge in [-0.3, -0.25) is 4.79 Å². The zero-order chi connectivity index (χ0) is 14.2. The van der Waals surface area contributed by atoms with Crippen LogP contribution in [0.25, 0.3) is 0 Å². The van der Waals surface area contributed by atoms with Crippen molar-refractivity contribution in [3.05, 3.63) is 35.4 Å². The van der Waals surface area contributed by atoms with Crippen molar-refractivity contribution in [3.63, 3.8) is 0 Å². The molecule has 0 saturated carbocycles. The lowest BCUT2D eigenvalue weighted by molar-refractivity contribution is 0.0946. The van der Waals surface area contributed by atoms with Gasteiger partial charge in [-0.25, -0.2) is 0 Å². The van der Waals surface area contributed by atoms with E-state index in [0.29, 0.717) is 18.0 Å². The SMILES string of the molecule is NCC#Cc1cccc(C(=O)NCC2CCSCC2)c1. The number of benzene rings is 1. The smallest absolute Gasteiger partial charge is 0.251 e. The average molecular weight is 288 g/mol. The molecule has 1 aromatic carbocycles. The molecule has 0 aromatic heterocycles. The number of nitrogens with two attached hydrogens (primary N) is 1. The van der Waals surface area contributed by atoms with E-state index < -0.39 is 0 Å². The van der Waals surface area contributed by atoms with Crippen LogP contribution in [0.1, 0.15) is 28.8 Å². The molecule has 106 valence electrons. The molecule has 2 rings (SSSR count). The molecular formula is C16H20N2OS. The zero-order valence-corrected chi connectivity index (χ0v) is 12.3. The summed E-state index contributed by atoms with van der Waals surface area (Å²) < 4.78 is 0. The predicted molar refractivity (Wildman–Crippen MR) is 84.8 cm³/mol. The Morgan fingerprint density at radius 3 is 2.95 bits per heavy atom. The minimum absolute atomic E-state index is 0.0142. The van der Waals surface area contributed by atoms with Gasteiger partial charge in [-0.15, -0.1) is 0 Å². The molecule has 0 unspecified atom stereocenters. The molecule has 1 amide bonds. The molecule has 1 fully saturated rings. The van der Waals surface area contributed by atoms with Crippen molar-refractivity contribution < 1.29 is 4.79 Å². The van der Waals surface area contributed by atoms with E-state index >= 15 is 0 Å². The lowest BCUT2D eigenvalue weighted by Crippen LogP contribution is -2.30. The molecule has 0 atom stereocenters. The number of carbonyl (C=O) groups is 1. The second-order valence-corrected chi connectivity index (χ2v) is 6.08. The number of hydrogen-bond donors (Lipinski definition) is 2. The minimum Gasteiger partial charge on any atom is -0.352 e. The molecular weight excluding hydrogens is 268 g/mol. The Labute approximate surface area is 124 Å². The van der Waals surface area contributed by atoms with Gasteiger partial charge < -0.3 is 11.1 Å². The van der Waals surface area contributed by atoms with Gasteiger partial charge in [0.2, 0.25) is 0 Å². The molecule has 3 nitrogen and oxygen atoms in total. The van der Waals surface area contributed by atoms with Crippen LogP contribution in [0.15, 0.2) is 24.3 Å². The number of carbonyl (C=O) groups excluding carboxylic acids is 1. The Balaban J connectivity index is 1.91. The second-order valence-electron chi connectivity index (χ2n) is 4.85. The summed E-state index contributed by atoms with van der Waals surface area (Å²) in [5.41, 5.74) is 6.85. The van der Waals surface area contributed by atoms with Gasteiger partial charge in [0.25, 0.3) is 5.91 Å².